The van der Waals surface area contributed by atoms with Crippen molar-refractivity contribution in [2.75, 3.05) is 13.1 Å². The maximum Gasteiger partial charge on any atom is 0.100 e. The number of nitrogens with two attached hydrogens (primary N) is 1. The van der Waals surface area contributed by atoms with E-state index in [4.69, 9.17) is 5.73 Å². The second-order valence-corrected chi connectivity index (χ2v) is 3.66. The van der Waals surface area contributed by atoms with Crippen LogP contribution in [-0.4, -0.2) is 30.0 Å². The van der Waals surface area contributed by atoms with Crippen molar-refractivity contribution in [3.05, 3.63) is 0 Å². The van der Waals surface area contributed by atoms with Crippen LogP contribution in [-0.2, 0) is 0 Å². The van der Waals surface area contributed by atoms with E-state index >= 15 is 0 Å². The quantitative estimate of drug-likeness (QED) is 0.583. The smallest absolute Gasteiger partial charge is 0.100 e. The standard InChI is InChI=1S/C9H17N3/c10-8-4-1-2-5-9-11-6-3-7-12(8)9/h8H,1-7,10H2. The Kier molecular flexibility index (Phi) is 2.30. The molecule has 0 aromatic rings. The molecule has 0 bridgehead atoms. The average Bonchev–Trinajstić information content (AvgIpc) is 2.29. The first-order valence-corrected chi connectivity index (χ1v) is 4.93. The Morgan fingerprint density at radius 1 is 1.33 bits per heavy atom. The van der Waals surface area contributed by atoms with Gasteiger partial charge in [-0.1, -0.05) is 0 Å². The summed E-state index contributed by atoms with van der Waals surface area (Å²) >= 11 is 0. The van der Waals surface area contributed by atoms with Crippen molar-refractivity contribution in [3.8, 4) is 0 Å². The van der Waals surface area contributed by atoms with Crippen LogP contribution >= 0.6 is 0 Å². The summed E-state index contributed by atoms with van der Waals surface area (Å²) in [7, 11) is 0. The van der Waals surface area contributed by atoms with Gasteiger partial charge in [-0.05, 0) is 25.7 Å². The number of hydrogen-bond acceptors (Lipinski definition) is 3. The molecule has 0 saturated carbocycles. The zero-order valence-corrected chi connectivity index (χ0v) is 7.50. The summed E-state index contributed by atoms with van der Waals surface area (Å²) in [6, 6.07) is 0. The lowest BCUT2D eigenvalue weighted by Crippen LogP contribution is -2.46. The van der Waals surface area contributed by atoms with Gasteiger partial charge in [0.25, 0.3) is 0 Å². The van der Waals surface area contributed by atoms with Crippen molar-refractivity contribution in [2.45, 2.75) is 38.3 Å². The molecule has 68 valence electrons. The van der Waals surface area contributed by atoms with Crippen LogP contribution in [0.3, 0.4) is 0 Å². The third-order valence-electron chi connectivity index (χ3n) is 2.73. The minimum absolute atomic E-state index is 0.242. The summed E-state index contributed by atoms with van der Waals surface area (Å²) in [6.45, 7) is 2.14. The molecular formula is C9H17N3. The molecule has 1 fully saturated rings. The first kappa shape index (κ1) is 8.05. The van der Waals surface area contributed by atoms with Crippen LogP contribution in [0.5, 0.6) is 0 Å². The van der Waals surface area contributed by atoms with E-state index in [0.29, 0.717) is 0 Å². The summed E-state index contributed by atoms with van der Waals surface area (Å²) in [5, 5.41) is 0. The molecule has 3 nitrogen and oxygen atoms in total. The lowest BCUT2D eigenvalue weighted by Gasteiger charge is -2.32. The van der Waals surface area contributed by atoms with E-state index in [0.717, 1.165) is 25.9 Å². The molecule has 0 aromatic carbocycles. The maximum absolute atomic E-state index is 6.03. The Morgan fingerprint density at radius 3 is 3.17 bits per heavy atom. The number of amidine groups is 1. The molecule has 1 saturated heterocycles. The third-order valence-corrected chi connectivity index (χ3v) is 2.73. The number of hydrogen-bond donors (Lipinski definition) is 1. The van der Waals surface area contributed by atoms with Crippen LogP contribution in [0.1, 0.15) is 32.1 Å². The molecule has 1 atom stereocenters. The van der Waals surface area contributed by atoms with Crippen LogP contribution in [0.15, 0.2) is 4.99 Å². The van der Waals surface area contributed by atoms with E-state index in [2.05, 4.69) is 9.89 Å². The van der Waals surface area contributed by atoms with Gasteiger partial charge < -0.3 is 10.6 Å². The van der Waals surface area contributed by atoms with E-state index in [1.165, 1.54) is 25.1 Å². The second-order valence-electron chi connectivity index (χ2n) is 3.66. The fourth-order valence-electron chi connectivity index (χ4n) is 2.04. The van der Waals surface area contributed by atoms with Crippen molar-refractivity contribution in [2.24, 2.45) is 10.7 Å². The van der Waals surface area contributed by atoms with Crippen molar-refractivity contribution in [1.82, 2.24) is 4.90 Å². The molecule has 0 radical (unpaired) electrons. The highest BCUT2D eigenvalue weighted by atomic mass is 15.3. The maximum atomic E-state index is 6.03. The normalized spacial score (nSPS) is 30.6. The molecular weight excluding hydrogens is 150 g/mol. The highest BCUT2D eigenvalue weighted by molar-refractivity contribution is 5.83. The van der Waals surface area contributed by atoms with Crippen LogP contribution in [0.2, 0.25) is 0 Å². The fraction of sp³-hybridized carbons (Fsp3) is 0.889. The van der Waals surface area contributed by atoms with E-state index in [1.807, 2.05) is 0 Å². The summed E-state index contributed by atoms with van der Waals surface area (Å²) in [5.41, 5.74) is 6.03. The number of rotatable bonds is 0. The van der Waals surface area contributed by atoms with Gasteiger partial charge in [-0.25, -0.2) is 0 Å². The van der Waals surface area contributed by atoms with Crippen LogP contribution in [0, 0.1) is 0 Å². The molecule has 12 heavy (non-hydrogen) atoms. The van der Waals surface area contributed by atoms with Crippen molar-refractivity contribution < 1.29 is 0 Å². The zero-order valence-electron chi connectivity index (χ0n) is 7.50. The first-order valence-electron chi connectivity index (χ1n) is 4.93. The van der Waals surface area contributed by atoms with Gasteiger partial charge in [-0.3, -0.25) is 4.99 Å². The summed E-state index contributed by atoms with van der Waals surface area (Å²) in [4.78, 5) is 6.83. The molecule has 2 aliphatic rings. The lowest BCUT2D eigenvalue weighted by molar-refractivity contribution is 0.292. The predicted octanol–water partition coefficient (Wildman–Crippen LogP) is 0.949. The molecule has 2 N–H and O–H groups in total. The largest absolute Gasteiger partial charge is 0.345 e. The highest BCUT2D eigenvalue weighted by Crippen LogP contribution is 2.18. The Bertz CT molecular complexity index is 188. The number of fused-ring (bicyclic) bond motifs is 1. The molecule has 2 rings (SSSR count). The van der Waals surface area contributed by atoms with Crippen molar-refractivity contribution in [1.29, 1.82) is 0 Å². The van der Waals surface area contributed by atoms with Gasteiger partial charge in [-0.15, -0.1) is 0 Å². The minimum Gasteiger partial charge on any atom is -0.345 e. The van der Waals surface area contributed by atoms with E-state index in [9.17, 15) is 0 Å². The Labute approximate surface area is 73.6 Å². The van der Waals surface area contributed by atoms with Gasteiger partial charge in [0.15, 0.2) is 0 Å². The van der Waals surface area contributed by atoms with Gasteiger partial charge >= 0.3 is 0 Å². The van der Waals surface area contributed by atoms with Crippen LogP contribution in [0.4, 0.5) is 0 Å². The average molecular weight is 167 g/mol. The van der Waals surface area contributed by atoms with E-state index in [-0.39, 0.29) is 6.17 Å². The van der Waals surface area contributed by atoms with Crippen LogP contribution < -0.4 is 5.73 Å². The van der Waals surface area contributed by atoms with Gasteiger partial charge in [0, 0.05) is 19.5 Å². The van der Waals surface area contributed by atoms with Gasteiger partial charge in [0.1, 0.15) is 5.84 Å². The monoisotopic (exact) mass is 167 g/mol. The van der Waals surface area contributed by atoms with Crippen molar-refractivity contribution in [3.63, 3.8) is 0 Å². The number of aliphatic imine (C=N–C) groups is 1. The van der Waals surface area contributed by atoms with Gasteiger partial charge in [0.05, 0.1) is 6.17 Å². The number of nitrogens with zero attached hydrogens (tertiary/aromatic N) is 2. The van der Waals surface area contributed by atoms with E-state index < -0.39 is 0 Å². The summed E-state index contributed by atoms with van der Waals surface area (Å²) in [6.07, 6.45) is 6.23. The fourth-order valence-corrected chi connectivity index (χ4v) is 2.04. The first-order chi connectivity index (χ1) is 5.88. The Hall–Kier alpha value is -0.570. The lowest BCUT2D eigenvalue weighted by atomic mass is 10.2. The zero-order chi connectivity index (χ0) is 8.39. The third kappa shape index (κ3) is 1.46. The molecule has 0 amide bonds. The van der Waals surface area contributed by atoms with Gasteiger partial charge in [-0.2, -0.15) is 0 Å². The van der Waals surface area contributed by atoms with Crippen LogP contribution in [0.25, 0.3) is 0 Å². The molecule has 2 heterocycles. The molecule has 2 aliphatic heterocycles. The molecule has 3 heteroatoms. The summed E-state index contributed by atoms with van der Waals surface area (Å²) < 4.78 is 0. The van der Waals surface area contributed by atoms with E-state index in [1.54, 1.807) is 0 Å². The SMILES string of the molecule is NC1CCCCC2=NCCCN21. The molecule has 1 unspecified atom stereocenters. The highest BCUT2D eigenvalue weighted by Gasteiger charge is 2.22. The van der Waals surface area contributed by atoms with Gasteiger partial charge in [0.2, 0.25) is 0 Å². The topological polar surface area (TPSA) is 41.6 Å². The Balaban J connectivity index is 2.14. The molecule has 0 aliphatic carbocycles. The predicted molar refractivity (Wildman–Crippen MR) is 50.1 cm³/mol. The minimum atomic E-state index is 0.242. The molecule has 0 spiro atoms. The van der Waals surface area contributed by atoms with Crippen molar-refractivity contribution >= 4 is 5.84 Å². The molecule has 0 aromatic heterocycles. The Morgan fingerprint density at radius 2 is 2.25 bits per heavy atom. The second kappa shape index (κ2) is 3.44. The summed E-state index contributed by atoms with van der Waals surface area (Å²) in [5.74, 6) is 1.27.